The number of rotatable bonds is 7. The molecule has 2 N–H and O–H groups in total. The molecule has 7 nitrogen and oxygen atoms in total. The molecular formula is C14H29O7P. The largest absolute Gasteiger partial charge is 0.388 e. The first kappa shape index (κ1) is 20.0. The Balaban J connectivity index is 2.84. The van der Waals surface area contributed by atoms with Gasteiger partial charge in [-0.1, -0.05) is 0 Å². The minimum absolute atomic E-state index is 0.0242. The molecule has 132 valence electrons. The lowest BCUT2D eigenvalue weighted by Crippen LogP contribution is -2.58. The smallest absolute Gasteiger partial charge is 0.328 e. The Morgan fingerprint density at radius 2 is 1.73 bits per heavy atom. The summed E-state index contributed by atoms with van der Waals surface area (Å²) in [5.74, 6) is 0. The summed E-state index contributed by atoms with van der Waals surface area (Å²) < 4.78 is 34.3. The molecule has 0 aromatic carbocycles. The van der Waals surface area contributed by atoms with Gasteiger partial charge in [0.15, 0.2) is 0 Å². The first-order valence-corrected chi connectivity index (χ1v) is 9.60. The molecule has 8 heteroatoms. The maximum atomic E-state index is 12.4. The van der Waals surface area contributed by atoms with Gasteiger partial charge in [-0.15, -0.1) is 0 Å². The molecule has 0 radical (unpaired) electrons. The predicted octanol–water partition coefficient (Wildman–Crippen LogP) is 1.55. The van der Waals surface area contributed by atoms with Crippen molar-refractivity contribution < 1.29 is 33.3 Å². The van der Waals surface area contributed by atoms with E-state index in [9.17, 15) is 14.8 Å². The van der Waals surface area contributed by atoms with Crippen LogP contribution >= 0.6 is 7.60 Å². The van der Waals surface area contributed by atoms with E-state index >= 15 is 0 Å². The first-order chi connectivity index (χ1) is 10.0. The second-order valence-electron chi connectivity index (χ2n) is 6.24. The van der Waals surface area contributed by atoms with Crippen LogP contribution in [0.2, 0.25) is 0 Å². The lowest BCUT2D eigenvalue weighted by atomic mass is 9.96. The van der Waals surface area contributed by atoms with Gasteiger partial charge in [-0.25, -0.2) is 0 Å². The molecule has 1 heterocycles. The molecule has 0 aromatic rings. The molecule has 1 rings (SSSR count). The summed E-state index contributed by atoms with van der Waals surface area (Å²) in [4.78, 5) is 0. The van der Waals surface area contributed by atoms with Crippen molar-refractivity contribution in [3.05, 3.63) is 0 Å². The highest BCUT2D eigenvalue weighted by atomic mass is 31.2. The molecule has 1 fully saturated rings. The minimum Gasteiger partial charge on any atom is -0.388 e. The second-order valence-corrected chi connectivity index (χ2v) is 8.20. The average molecular weight is 340 g/mol. The maximum Gasteiger partial charge on any atom is 0.328 e. The Labute approximate surface area is 132 Å². The van der Waals surface area contributed by atoms with E-state index in [-0.39, 0.29) is 18.8 Å². The molecule has 0 aromatic heterocycles. The van der Waals surface area contributed by atoms with Crippen molar-refractivity contribution >= 4 is 7.60 Å². The minimum atomic E-state index is -3.39. The van der Waals surface area contributed by atoms with Gasteiger partial charge in [0, 0.05) is 6.66 Å². The summed E-state index contributed by atoms with van der Waals surface area (Å²) in [6.07, 6.45) is -4.86. The van der Waals surface area contributed by atoms with E-state index in [4.69, 9.17) is 18.5 Å². The van der Waals surface area contributed by atoms with E-state index in [1.165, 1.54) is 6.66 Å². The lowest BCUT2D eigenvalue weighted by molar-refractivity contribution is -0.224. The van der Waals surface area contributed by atoms with Gasteiger partial charge in [0.05, 0.1) is 24.9 Å². The molecule has 6 atom stereocenters. The fourth-order valence-corrected chi connectivity index (χ4v) is 3.82. The Hall–Kier alpha value is -0.0100. The van der Waals surface area contributed by atoms with E-state index in [1.54, 1.807) is 20.8 Å². The van der Waals surface area contributed by atoms with E-state index in [0.29, 0.717) is 0 Å². The Morgan fingerprint density at radius 3 is 2.23 bits per heavy atom. The molecule has 1 saturated heterocycles. The highest BCUT2D eigenvalue weighted by molar-refractivity contribution is 7.53. The Morgan fingerprint density at radius 1 is 1.14 bits per heavy atom. The fraction of sp³-hybridized carbons (Fsp3) is 1.00. The van der Waals surface area contributed by atoms with Gasteiger partial charge >= 0.3 is 7.60 Å². The van der Waals surface area contributed by atoms with Crippen molar-refractivity contribution in [3.8, 4) is 0 Å². The number of hydrogen-bond donors (Lipinski definition) is 2. The van der Waals surface area contributed by atoms with Gasteiger partial charge < -0.3 is 24.2 Å². The summed E-state index contributed by atoms with van der Waals surface area (Å²) in [6, 6.07) is 0. The van der Waals surface area contributed by atoms with E-state index < -0.39 is 38.1 Å². The number of aliphatic hydroxyl groups is 2. The standard InChI is InChI=1S/C14H29O7P/c1-8(2)18-7-11-14(13(16)12(15)10(5)19-11)21-22(6,17)20-9(3)4/h8-16H,7H2,1-6H3. The molecule has 0 spiro atoms. The van der Waals surface area contributed by atoms with Crippen LogP contribution in [-0.2, 0) is 23.1 Å². The number of aliphatic hydroxyl groups excluding tert-OH is 2. The molecule has 6 unspecified atom stereocenters. The van der Waals surface area contributed by atoms with Gasteiger partial charge in [0.1, 0.15) is 24.4 Å². The van der Waals surface area contributed by atoms with Gasteiger partial charge in [0.2, 0.25) is 0 Å². The third-order valence-electron chi connectivity index (χ3n) is 3.23. The predicted molar refractivity (Wildman–Crippen MR) is 82.1 cm³/mol. The maximum absolute atomic E-state index is 12.4. The normalized spacial score (nSPS) is 35.8. The van der Waals surface area contributed by atoms with Gasteiger partial charge in [-0.3, -0.25) is 9.09 Å². The SMILES string of the molecule is CC(C)OCC1OC(C)C(O)C(O)C1OP(C)(=O)OC(C)C. The van der Waals surface area contributed by atoms with Gasteiger partial charge in [0.25, 0.3) is 0 Å². The summed E-state index contributed by atoms with van der Waals surface area (Å²) in [5.41, 5.74) is 0. The van der Waals surface area contributed by atoms with Crippen LogP contribution in [-0.4, -0.2) is 66.2 Å². The average Bonchev–Trinajstić information content (AvgIpc) is 2.36. The van der Waals surface area contributed by atoms with Crippen molar-refractivity contribution in [1.29, 1.82) is 0 Å². The lowest BCUT2D eigenvalue weighted by Gasteiger charge is -2.42. The molecule has 0 saturated carbocycles. The summed E-state index contributed by atoms with van der Waals surface area (Å²) in [5, 5.41) is 20.2. The number of ether oxygens (including phenoxy) is 2. The number of hydrogen-bond acceptors (Lipinski definition) is 7. The van der Waals surface area contributed by atoms with Crippen LogP contribution in [0.5, 0.6) is 0 Å². The second kappa shape index (κ2) is 8.20. The highest BCUT2D eigenvalue weighted by Gasteiger charge is 2.46. The zero-order valence-corrected chi connectivity index (χ0v) is 15.0. The van der Waals surface area contributed by atoms with Crippen LogP contribution in [0.25, 0.3) is 0 Å². The third kappa shape index (κ3) is 5.89. The van der Waals surface area contributed by atoms with Crippen molar-refractivity contribution in [3.63, 3.8) is 0 Å². The van der Waals surface area contributed by atoms with Crippen molar-refractivity contribution in [2.45, 2.75) is 77.3 Å². The molecular weight excluding hydrogens is 311 g/mol. The monoisotopic (exact) mass is 340 g/mol. The zero-order chi connectivity index (χ0) is 17.1. The van der Waals surface area contributed by atoms with Crippen LogP contribution < -0.4 is 0 Å². The molecule has 0 aliphatic carbocycles. The van der Waals surface area contributed by atoms with E-state index in [1.807, 2.05) is 13.8 Å². The molecule has 0 amide bonds. The zero-order valence-electron chi connectivity index (χ0n) is 14.1. The Kier molecular flexibility index (Phi) is 7.46. The van der Waals surface area contributed by atoms with Crippen LogP contribution in [0.15, 0.2) is 0 Å². The summed E-state index contributed by atoms with van der Waals surface area (Å²) in [7, 11) is -3.39. The fourth-order valence-electron chi connectivity index (χ4n) is 2.31. The van der Waals surface area contributed by atoms with Crippen molar-refractivity contribution in [2.75, 3.05) is 13.3 Å². The summed E-state index contributed by atoms with van der Waals surface area (Å²) >= 11 is 0. The first-order valence-electron chi connectivity index (χ1n) is 7.61. The summed E-state index contributed by atoms with van der Waals surface area (Å²) in [6.45, 7) is 10.4. The van der Waals surface area contributed by atoms with Crippen LogP contribution in [0, 0.1) is 0 Å². The van der Waals surface area contributed by atoms with E-state index in [2.05, 4.69) is 0 Å². The van der Waals surface area contributed by atoms with Gasteiger partial charge in [-0.2, -0.15) is 0 Å². The van der Waals surface area contributed by atoms with Gasteiger partial charge in [-0.05, 0) is 34.6 Å². The topological polar surface area (TPSA) is 94.5 Å². The molecule has 0 bridgehead atoms. The third-order valence-corrected chi connectivity index (χ3v) is 4.66. The quantitative estimate of drug-likeness (QED) is 0.679. The van der Waals surface area contributed by atoms with Crippen molar-refractivity contribution in [1.82, 2.24) is 0 Å². The van der Waals surface area contributed by atoms with Crippen LogP contribution in [0.1, 0.15) is 34.6 Å². The molecule has 22 heavy (non-hydrogen) atoms. The van der Waals surface area contributed by atoms with Crippen LogP contribution in [0.3, 0.4) is 0 Å². The molecule has 1 aliphatic rings. The highest BCUT2D eigenvalue weighted by Crippen LogP contribution is 2.48. The van der Waals surface area contributed by atoms with E-state index in [0.717, 1.165) is 0 Å². The van der Waals surface area contributed by atoms with Crippen molar-refractivity contribution in [2.24, 2.45) is 0 Å². The van der Waals surface area contributed by atoms with Crippen LogP contribution in [0.4, 0.5) is 0 Å². The molecule has 1 aliphatic heterocycles. The Bertz CT molecular complexity index is 387.